The first-order valence-corrected chi connectivity index (χ1v) is 5.65. The molecule has 1 saturated carbocycles. The number of carboxylic acids is 1. The van der Waals surface area contributed by atoms with Crippen molar-refractivity contribution in [1.82, 2.24) is 15.5 Å². The highest BCUT2D eigenvalue weighted by molar-refractivity contribution is 5.88. The Balaban J connectivity index is 1.99. The highest BCUT2D eigenvalue weighted by Gasteiger charge is 2.42. The summed E-state index contributed by atoms with van der Waals surface area (Å²) < 4.78 is 0. The van der Waals surface area contributed by atoms with Crippen molar-refractivity contribution in [3.05, 3.63) is 18.0 Å². The van der Waals surface area contributed by atoms with Gasteiger partial charge in [-0.05, 0) is 18.9 Å². The summed E-state index contributed by atoms with van der Waals surface area (Å²) in [7, 11) is 0. The minimum absolute atomic E-state index is 0.134. The van der Waals surface area contributed by atoms with E-state index in [-0.39, 0.29) is 12.3 Å². The van der Waals surface area contributed by atoms with Crippen LogP contribution in [0.25, 0.3) is 0 Å². The van der Waals surface area contributed by atoms with Crippen LogP contribution in [-0.4, -0.2) is 32.7 Å². The molecule has 92 valence electrons. The van der Waals surface area contributed by atoms with E-state index in [9.17, 15) is 14.7 Å². The van der Waals surface area contributed by atoms with Gasteiger partial charge in [-0.2, -0.15) is 5.10 Å². The Bertz CT molecular complexity index is 408. The molecule has 6 nitrogen and oxygen atoms in total. The third kappa shape index (κ3) is 2.46. The molecule has 1 heterocycles. The van der Waals surface area contributed by atoms with Gasteiger partial charge in [-0.1, -0.05) is 12.8 Å². The average Bonchev–Trinajstić information content (AvgIpc) is 2.89. The number of carboxylic acid groups (broad SMARTS) is 1. The van der Waals surface area contributed by atoms with Crippen molar-refractivity contribution in [3.63, 3.8) is 0 Å². The maximum Gasteiger partial charge on any atom is 0.329 e. The summed E-state index contributed by atoms with van der Waals surface area (Å²) in [5.41, 5.74) is -0.377. The lowest BCUT2D eigenvalue weighted by Crippen LogP contribution is -2.52. The molecular formula is C11H15N3O3. The highest BCUT2D eigenvalue weighted by Crippen LogP contribution is 2.29. The zero-order chi connectivity index (χ0) is 12.3. The molecule has 0 aromatic carbocycles. The van der Waals surface area contributed by atoms with Gasteiger partial charge >= 0.3 is 5.97 Å². The molecule has 17 heavy (non-hydrogen) atoms. The summed E-state index contributed by atoms with van der Waals surface area (Å²) in [5.74, 6) is -1.22. The third-order valence-corrected chi connectivity index (χ3v) is 3.15. The second kappa shape index (κ2) is 4.57. The predicted octanol–water partition coefficient (Wildman–Crippen LogP) is 0.466. The molecule has 6 heteroatoms. The van der Waals surface area contributed by atoms with E-state index in [0.717, 1.165) is 12.8 Å². The van der Waals surface area contributed by atoms with Crippen molar-refractivity contribution in [1.29, 1.82) is 0 Å². The van der Waals surface area contributed by atoms with Gasteiger partial charge in [0.25, 0.3) is 0 Å². The Morgan fingerprint density at radius 2 is 2.18 bits per heavy atom. The van der Waals surface area contributed by atoms with Crippen LogP contribution < -0.4 is 5.32 Å². The van der Waals surface area contributed by atoms with E-state index in [1.54, 1.807) is 12.3 Å². The molecule has 0 atom stereocenters. The number of H-pyrrole nitrogens is 1. The molecule has 0 unspecified atom stereocenters. The molecular weight excluding hydrogens is 222 g/mol. The Hall–Kier alpha value is -1.85. The Labute approximate surface area is 98.4 Å². The van der Waals surface area contributed by atoms with Crippen molar-refractivity contribution in [2.45, 2.75) is 37.6 Å². The zero-order valence-corrected chi connectivity index (χ0v) is 9.40. The summed E-state index contributed by atoms with van der Waals surface area (Å²) in [4.78, 5) is 23.0. The first-order chi connectivity index (χ1) is 8.12. The third-order valence-electron chi connectivity index (χ3n) is 3.15. The summed E-state index contributed by atoms with van der Waals surface area (Å²) in [6, 6.07) is 1.70. The molecule has 1 fully saturated rings. The van der Waals surface area contributed by atoms with Crippen molar-refractivity contribution in [2.75, 3.05) is 0 Å². The number of aromatic amines is 1. The number of rotatable bonds is 4. The fourth-order valence-corrected chi connectivity index (χ4v) is 2.24. The van der Waals surface area contributed by atoms with Gasteiger partial charge in [0, 0.05) is 11.9 Å². The van der Waals surface area contributed by atoms with Crippen LogP contribution >= 0.6 is 0 Å². The minimum Gasteiger partial charge on any atom is -0.480 e. The van der Waals surface area contributed by atoms with Crippen LogP contribution in [0.1, 0.15) is 31.4 Å². The number of hydrogen-bond acceptors (Lipinski definition) is 3. The van der Waals surface area contributed by atoms with E-state index in [2.05, 4.69) is 15.5 Å². The second-order valence-corrected chi connectivity index (χ2v) is 4.40. The molecule has 0 radical (unpaired) electrons. The molecule has 0 bridgehead atoms. The van der Waals surface area contributed by atoms with E-state index < -0.39 is 11.5 Å². The Kier molecular flexibility index (Phi) is 3.12. The van der Waals surface area contributed by atoms with Gasteiger partial charge in [-0.3, -0.25) is 9.89 Å². The first-order valence-electron chi connectivity index (χ1n) is 5.65. The Morgan fingerprint density at radius 3 is 2.71 bits per heavy atom. The zero-order valence-electron chi connectivity index (χ0n) is 9.40. The number of carbonyl (C=O) groups is 2. The lowest BCUT2D eigenvalue weighted by Gasteiger charge is -2.25. The second-order valence-electron chi connectivity index (χ2n) is 4.40. The van der Waals surface area contributed by atoms with Crippen LogP contribution in [0.4, 0.5) is 0 Å². The molecule has 0 saturated heterocycles. The number of hydrogen-bond donors (Lipinski definition) is 3. The number of amides is 1. The van der Waals surface area contributed by atoms with Crippen LogP contribution in [0.3, 0.4) is 0 Å². The number of nitrogens with zero attached hydrogens (tertiary/aromatic N) is 1. The monoisotopic (exact) mass is 237 g/mol. The first kappa shape index (κ1) is 11.6. The number of aliphatic carboxylic acids is 1. The fourth-order valence-electron chi connectivity index (χ4n) is 2.24. The lowest BCUT2D eigenvalue weighted by atomic mass is 9.97. The summed E-state index contributed by atoms with van der Waals surface area (Å²) in [5, 5.41) is 18.3. The molecule has 0 aliphatic heterocycles. The van der Waals surface area contributed by atoms with Crippen LogP contribution in [-0.2, 0) is 16.0 Å². The molecule has 1 aromatic rings. The molecule has 2 rings (SSSR count). The standard InChI is InChI=1S/C11H15N3O3/c15-9(7-8-3-6-12-14-8)13-11(10(16)17)4-1-2-5-11/h3,6H,1-2,4-5,7H2,(H,12,14)(H,13,15)(H,16,17). The quantitative estimate of drug-likeness (QED) is 0.709. The summed E-state index contributed by atoms with van der Waals surface area (Å²) in [6.45, 7) is 0. The van der Waals surface area contributed by atoms with E-state index in [0.29, 0.717) is 18.5 Å². The number of nitrogens with one attached hydrogen (secondary N) is 2. The van der Waals surface area contributed by atoms with E-state index in [1.165, 1.54) is 0 Å². The van der Waals surface area contributed by atoms with Gasteiger partial charge in [0.1, 0.15) is 5.54 Å². The topological polar surface area (TPSA) is 95.1 Å². The molecule has 3 N–H and O–H groups in total. The van der Waals surface area contributed by atoms with E-state index >= 15 is 0 Å². The minimum atomic E-state index is -1.06. The highest BCUT2D eigenvalue weighted by atomic mass is 16.4. The largest absolute Gasteiger partial charge is 0.480 e. The smallest absolute Gasteiger partial charge is 0.329 e. The van der Waals surface area contributed by atoms with Crippen LogP contribution in [0.2, 0.25) is 0 Å². The van der Waals surface area contributed by atoms with Crippen molar-refractivity contribution in [2.24, 2.45) is 0 Å². The predicted molar refractivity (Wildman–Crippen MR) is 59.3 cm³/mol. The molecule has 1 amide bonds. The van der Waals surface area contributed by atoms with Gasteiger partial charge < -0.3 is 10.4 Å². The maximum absolute atomic E-state index is 11.8. The van der Waals surface area contributed by atoms with E-state index in [4.69, 9.17) is 0 Å². The van der Waals surface area contributed by atoms with Crippen LogP contribution in [0.15, 0.2) is 12.3 Å². The van der Waals surface area contributed by atoms with Gasteiger partial charge in [-0.15, -0.1) is 0 Å². The van der Waals surface area contributed by atoms with Gasteiger partial charge in [0.05, 0.1) is 6.42 Å². The molecule has 1 aromatic heterocycles. The van der Waals surface area contributed by atoms with Gasteiger partial charge in [0.15, 0.2) is 0 Å². The van der Waals surface area contributed by atoms with Crippen molar-refractivity contribution in [3.8, 4) is 0 Å². The Morgan fingerprint density at radius 1 is 1.47 bits per heavy atom. The fraction of sp³-hybridized carbons (Fsp3) is 0.545. The number of carbonyl (C=O) groups excluding carboxylic acids is 1. The maximum atomic E-state index is 11.8. The van der Waals surface area contributed by atoms with Gasteiger partial charge in [-0.25, -0.2) is 4.79 Å². The average molecular weight is 237 g/mol. The molecule has 1 aliphatic carbocycles. The summed E-state index contributed by atoms with van der Waals surface area (Å²) in [6.07, 6.45) is 4.40. The van der Waals surface area contributed by atoms with Gasteiger partial charge in [0.2, 0.25) is 5.91 Å². The normalized spacial score (nSPS) is 17.9. The van der Waals surface area contributed by atoms with Crippen LogP contribution in [0.5, 0.6) is 0 Å². The number of aromatic nitrogens is 2. The summed E-state index contributed by atoms with van der Waals surface area (Å²) >= 11 is 0. The van der Waals surface area contributed by atoms with Crippen LogP contribution in [0, 0.1) is 0 Å². The van der Waals surface area contributed by atoms with Crippen molar-refractivity contribution >= 4 is 11.9 Å². The van der Waals surface area contributed by atoms with E-state index in [1.807, 2.05) is 0 Å². The lowest BCUT2D eigenvalue weighted by molar-refractivity contribution is -0.147. The van der Waals surface area contributed by atoms with Crippen molar-refractivity contribution < 1.29 is 14.7 Å². The molecule has 0 spiro atoms. The molecule has 1 aliphatic rings. The SMILES string of the molecule is O=C(Cc1ccn[nH]1)NC1(C(=O)O)CCCC1.